The van der Waals surface area contributed by atoms with E-state index in [9.17, 15) is 18.0 Å². The summed E-state index contributed by atoms with van der Waals surface area (Å²) in [5.41, 5.74) is 5.68. The Kier molecular flexibility index (Phi) is 10.1. The van der Waals surface area contributed by atoms with Crippen molar-refractivity contribution in [2.75, 3.05) is 43.9 Å². The lowest BCUT2D eigenvalue weighted by atomic mass is 10.0. The standard InChI is InChI=1S/C30H27ClN6O5S.ClH/c1-36(43(2,40)41)28-17-27-24(18-33-28)23(29(38)35-32)16-26(34-27)21-7-4-19(5-8-21)3-6-20-9-10-22(15-25(20)31)30(39)37-11-13-42-14-12-37;/h4-5,7-10,15-18H,11-14,32H2,1-2H3,(H,35,38);1H. The number of rotatable bonds is 5. The summed E-state index contributed by atoms with van der Waals surface area (Å²) in [5.74, 6) is 11.1. The Morgan fingerprint density at radius 3 is 2.41 bits per heavy atom. The van der Waals surface area contributed by atoms with E-state index < -0.39 is 15.9 Å². The highest BCUT2D eigenvalue weighted by Crippen LogP contribution is 2.27. The molecule has 3 N–H and O–H groups in total. The Morgan fingerprint density at radius 2 is 1.77 bits per heavy atom. The van der Waals surface area contributed by atoms with E-state index in [2.05, 4.69) is 27.2 Å². The maximum absolute atomic E-state index is 12.7. The molecule has 5 rings (SSSR count). The summed E-state index contributed by atoms with van der Waals surface area (Å²) < 4.78 is 30.4. The van der Waals surface area contributed by atoms with Crippen molar-refractivity contribution in [3.63, 3.8) is 0 Å². The fourth-order valence-corrected chi connectivity index (χ4v) is 5.10. The number of fused-ring (bicyclic) bond motifs is 1. The molecule has 0 spiro atoms. The van der Waals surface area contributed by atoms with Gasteiger partial charge in [-0.25, -0.2) is 24.2 Å². The minimum atomic E-state index is -3.56. The van der Waals surface area contributed by atoms with Gasteiger partial charge in [0, 0.05) is 60.0 Å². The van der Waals surface area contributed by atoms with E-state index in [4.69, 9.17) is 22.2 Å². The van der Waals surface area contributed by atoms with Crippen molar-refractivity contribution >= 4 is 62.6 Å². The highest BCUT2D eigenvalue weighted by molar-refractivity contribution is 7.92. The molecule has 2 amide bonds. The zero-order valence-corrected chi connectivity index (χ0v) is 26.1. The maximum Gasteiger partial charge on any atom is 0.265 e. The van der Waals surface area contributed by atoms with Crippen LogP contribution in [0.15, 0.2) is 60.8 Å². The molecule has 14 heteroatoms. The number of ether oxygens (including phenoxy) is 1. The molecule has 2 aromatic heterocycles. The highest BCUT2D eigenvalue weighted by Gasteiger charge is 2.20. The van der Waals surface area contributed by atoms with Crippen molar-refractivity contribution in [3.05, 3.63) is 88.1 Å². The van der Waals surface area contributed by atoms with Crippen molar-refractivity contribution < 1.29 is 22.7 Å². The van der Waals surface area contributed by atoms with Crippen molar-refractivity contribution in [1.82, 2.24) is 20.3 Å². The smallest absolute Gasteiger partial charge is 0.265 e. The first-order valence-corrected chi connectivity index (χ1v) is 15.3. The summed E-state index contributed by atoms with van der Waals surface area (Å²) in [5, 5.41) is 0.791. The molecule has 1 fully saturated rings. The molecule has 0 atom stereocenters. The number of hydrogen-bond donors (Lipinski definition) is 2. The maximum atomic E-state index is 12.7. The lowest BCUT2D eigenvalue weighted by Gasteiger charge is -2.26. The first-order valence-electron chi connectivity index (χ1n) is 13.1. The number of amides is 2. The Morgan fingerprint density at radius 1 is 1.07 bits per heavy atom. The molecule has 3 heterocycles. The molecule has 0 unspecified atom stereocenters. The number of pyridine rings is 2. The molecule has 4 aromatic rings. The van der Waals surface area contributed by atoms with Crippen LogP contribution in [0.25, 0.3) is 22.2 Å². The molecule has 2 aromatic carbocycles. The van der Waals surface area contributed by atoms with Crippen LogP contribution in [0.4, 0.5) is 5.82 Å². The van der Waals surface area contributed by atoms with Crippen LogP contribution in [-0.4, -0.2) is 74.7 Å². The van der Waals surface area contributed by atoms with E-state index in [1.54, 1.807) is 53.4 Å². The van der Waals surface area contributed by atoms with Gasteiger partial charge in [0.2, 0.25) is 10.0 Å². The summed E-state index contributed by atoms with van der Waals surface area (Å²) >= 11 is 6.45. The summed E-state index contributed by atoms with van der Waals surface area (Å²) in [6, 6.07) is 15.4. The van der Waals surface area contributed by atoms with Gasteiger partial charge in [-0.05, 0) is 36.4 Å². The topological polar surface area (TPSA) is 148 Å². The third-order valence-electron chi connectivity index (χ3n) is 6.91. The van der Waals surface area contributed by atoms with Crippen LogP contribution in [0.3, 0.4) is 0 Å². The van der Waals surface area contributed by atoms with Gasteiger partial charge in [-0.3, -0.25) is 19.3 Å². The second kappa shape index (κ2) is 13.6. The molecular formula is C30H28Cl2N6O5S. The number of anilines is 1. The molecule has 0 aliphatic carbocycles. The van der Waals surface area contributed by atoms with Gasteiger partial charge in [0.25, 0.3) is 11.8 Å². The van der Waals surface area contributed by atoms with Crippen LogP contribution < -0.4 is 15.6 Å². The average molecular weight is 656 g/mol. The van der Waals surface area contributed by atoms with Crippen LogP contribution in [0.2, 0.25) is 5.02 Å². The van der Waals surface area contributed by atoms with E-state index in [1.807, 2.05) is 0 Å². The zero-order valence-electron chi connectivity index (χ0n) is 23.7. The number of carbonyl (C=O) groups excluding carboxylic acids is 2. The lowest BCUT2D eigenvalue weighted by molar-refractivity contribution is 0.0303. The molecule has 44 heavy (non-hydrogen) atoms. The van der Waals surface area contributed by atoms with E-state index >= 15 is 0 Å². The van der Waals surface area contributed by atoms with Gasteiger partial charge in [-0.2, -0.15) is 0 Å². The molecule has 0 radical (unpaired) electrons. The number of morpholine rings is 1. The fourth-order valence-electron chi connectivity index (χ4n) is 4.43. The van der Waals surface area contributed by atoms with E-state index in [-0.39, 0.29) is 29.7 Å². The fraction of sp³-hybridized carbons (Fsp3) is 0.200. The van der Waals surface area contributed by atoms with Crippen molar-refractivity contribution in [2.24, 2.45) is 5.84 Å². The van der Waals surface area contributed by atoms with Crippen LogP contribution >= 0.6 is 24.0 Å². The van der Waals surface area contributed by atoms with Crippen molar-refractivity contribution in [3.8, 4) is 23.1 Å². The first-order chi connectivity index (χ1) is 20.5. The average Bonchev–Trinajstić information content (AvgIpc) is 3.02. The number of nitrogens with one attached hydrogen (secondary N) is 1. The van der Waals surface area contributed by atoms with Gasteiger partial charge < -0.3 is 9.64 Å². The molecule has 1 saturated heterocycles. The quantitative estimate of drug-likeness (QED) is 0.144. The van der Waals surface area contributed by atoms with E-state index in [1.165, 1.54) is 19.3 Å². The number of hydrogen-bond acceptors (Lipinski definition) is 8. The molecule has 11 nitrogen and oxygen atoms in total. The third kappa shape index (κ3) is 7.10. The number of nitrogens with zero attached hydrogens (tertiary/aromatic N) is 4. The van der Waals surface area contributed by atoms with Gasteiger partial charge in [-0.1, -0.05) is 35.6 Å². The van der Waals surface area contributed by atoms with E-state index in [0.717, 1.165) is 10.6 Å². The summed E-state index contributed by atoms with van der Waals surface area (Å²) in [4.78, 5) is 35.9. The lowest BCUT2D eigenvalue weighted by Crippen LogP contribution is -2.40. The third-order valence-corrected chi connectivity index (χ3v) is 8.41. The minimum Gasteiger partial charge on any atom is -0.378 e. The number of hydrazine groups is 1. The van der Waals surface area contributed by atoms with Crippen LogP contribution in [0.1, 0.15) is 31.8 Å². The Bertz CT molecular complexity index is 1900. The largest absolute Gasteiger partial charge is 0.378 e. The number of aromatic nitrogens is 2. The molecule has 1 aliphatic heterocycles. The predicted molar refractivity (Wildman–Crippen MR) is 171 cm³/mol. The zero-order chi connectivity index (χ0) is 30.7. The SMILES string of the molecule is CN(c1cc2nc(-c3ccc(C#Cc4ccc(C(=O)N5CCOCC5)cc4Cl)cc3)cc(C(=O)NN)c2cn1)S(C)(=O)=O.Cl. The second-order valence-electron chi connectivity index (χ2n) is 9.75. The number of benzene rings is 2. The predicted octanol–water partition coefficient (Wildman–Crippen LogP) is 3.24. The van der Waals surface area contributed by atoms with Crippen molar-refractivity contribution in [2.45, 2.75) is 0 Å². The van der Waals surface area contributed by atoms with Gasteiger partial charge in [0.15, 0.2) is 0 Å². The van der Waals surface area contributed by atoms with E-state index in [0.29, 0.717) is 70.2 Å². The molecule has 1 aliphatic rings. The summed E-state index contributed by atoms with van der Waals surface area (Å²) in [6.45, 7) is 2.13. The van der Waals surface area contributed by atoms with Gasteiger partial charge in [0.1, 0.15) is 5.82 Å². The Labute approximate surface area is 265 Å². The number of halogens is 2. The normalized spacial score (nSPS) is 13.0. The number of sulfonamides is 1. The number of carbonyl (C=O) groups is 2. The van der Waals surface area contributed by atoms with Gasteiger partial charge >= 0.3 is 0 Å². The Hall–Kier alpha value is -4.25. The molecule has 0 saturated carbocycles. The van der Waals surface area contributed by atoms with Crippen LogP contribution in [-0.2, 0) is 14.8 Å². The molecule has 228 valence electrons. The van der Waals surface area contributed by atoms with Crippen LogP contribution in [0.5, 0.6) is 0 Å². The summed E-state index contributed by atoms with van der Waals surface area (Å²) in [6.07, 6.45) is 2.46. The Balaban J connectivity index is 0.00000442. The first kappa shape index (κ1) is 32.7. The van der Waals surface area contributed by atoms with Crippen molar-refractivity contribution in [1.29, 1.82) is 0 Å². The van der Waals surface area contributed by atoms with Crippen LogP contribution in [0, 0.1) is 11.8 Å². The minimum absolute atomic E-state index is 0. The second-order valence-corrected chi connectivity index (χ2v) is 12.2. The molecule has 0 bridgehead atoms. The highest BCUT2D eigenvalue weighted by atomic mass is 35.5. The number of nitrogens with two attached hydrogens (primary N) is 1. The number of nitrogen functional groups attached to an aromatic ring is 1. The summed E-state index contributed by atoms with van der Waals surface area (Å²) in [7, 11) is -2.18. The molecular weight excluding hydrogens is 627 g/mol. The monoisotopic (exact) mass is 654 g/mol. The van der Waals surface area contributed by atoms with Gasteiger partial charge in [0.05, 0.1) is 41.3 Å². The van der Waals surface area contributed by atoms with Gasteiger partial charge in [-0.15, -0.1) is 12.4 Å².